The third-order valence-electron chi connectivity index (χ3n) is 2.21. The molecule has 0 aliphatic rings. The quantitative estimate of drug-likeness (QED) is 0.449. The molecule has 0 saturated carbocycles. The van der Waals surface area contributed by atoms with Gasteiger partial charge in [0, 0.05) is 13.7 Å². The Kier molecular flexibility index (Phi) is 9.05. The van der Waals surface area contributed by atoms with Gasteiger partial charge in [-0.15, -0.1) is 0 Å². The second kappa shape index (κ2) is 9.98. The van der Waals surface area contributed by atoms with E-state index in [1.165, 1.54) is 7.11 Å². The fraction of sp³-hybridized carbons (Fsp3) is 0.727. The Morgan fingerprint density at radius 2 is 2.00 bits per heavy atom. The first kappa shape index (κ1) is 18.1. The number of carboxylic acids is 1. The first-order valence-electron chi connectivity index (χ1n) is 6.00. The number of ether oxygens (including phenoxy) is 2. The molecule has 0 spiro atoms. The van der Waals surface area contributed by atoms with Crippen LogP contribution in [0, 0.1) is 0 Å². The number of amides is 2. The molecule has 0 aliphatic carbocycles. The van der Waals surface area contributed by atoms with Crippen LogP contribution in [-0.2, 0) is 19.1 Å². The maximum absolute atomic E-state index is 11.8. The summed E-state index contributed by atoms with van der Waals surface area (Å²) in [5, 5.41) is 19.7. The molecule has 0 heterocycles. The van der Waals surface area contributed by atoms with E-state index < -0.39 is 30.6 Å². The van der Waals surface area contributed by atoms with Crippen LogP contribution in [0.3, 0.4) is 0 Å². The number of carbonyl (C=O) groups is 3. The van der Waals surface area contributed by atoms with Crippen molar-refractivity contribution in [3.63, 3.8) is 0 Å². The van der Waals surface area contributed by atoms with E-state index >= 15 is 0 Å². The SMILES string of the molecule is CCOC(=O)CN(CCOC)C(=O)NC[C@H](O)C(=O)O. The number of aliphatic carboxylic acids is 1. The van der Waals surface area contributed by atoms with Gasteiger partial charge in [-0.25, -0.2) is 9.59 Å². The number of nitrogens with zero attached hydrogens (tertiary/aromatic N) is 1. The summed E-state index contributed by atoms with van der Waals surface area (Å²) in [5.41, 5.74) is 0. The monoisotopic (exact) mass is 292 g/mol. The molecule has 1 atom stereocenters. The normalized spacial score (nSPS) is 11.6. The van der Waals surface area contributed by atoms with Crippen LogP contribution in [0.5, 0.6) is 0 Å². The van der Waals surface area contributed by atoms with Gasteiger partial charge in [0.2, 0.25) is 0 Å². The molecular weight excluding hydrogens is 272 g/mol. The van der Waals surface area contributed by atoms with E-state index in [1.807, 2.05) is 0 Å². The number of carboxylic acid groups (broad SMARTS) is 1. The fourth-order valence-corrected chi connectivity index (χ4v) is 1.20. The van der Waals surface area contributed by atoms with E-state index in [4.69, 9.17) is 19.7 Å². The highest BCUT2D eigenvalue weighted by molar-refractivity contribution is 5.81. The molecule has 0 aromatic carbocycles. The number of rotatable bonds is 9. The Labute approximate surface area is 116 Å². The number of esters is 1. The Bertz CT molecular complexity index is 335. The molecule has 0 rings (SSSR count). The number of carbonyl (C=O) groups excluding carboxylic acids is 2. The van der Waals surface area contributed by atoms with Crippen LogP contribution in [-0.4, -0.2) is 79.1 Å². The zero-order chi connectivity index (χ0) is 15.5. The fourth-order valence-electron chi connectivity index (χ4n) is 1.20. The third kappa shape index (κ3) is 7.54. The molecule has 3 N–H and O–H groups in total. The molecule has 9 nitrogen and oxygen atoms in total. The van der Waals surface area contributed by atoms with Gasteiger partial charge in [-0.05, 0) is 6.92 Å². The molecule has 0 saturated heterocycles. The van der Waals surface area contributed by atoms with E-state index in [-0.39, 0.29) is 26.3 Å². The molecule has 2 amide bonds. The van der Waals surface area contributed by atoms with Gasteiger partial charge in [0.1, 0.15) is 6.54 Å². The van der Waals surface area contributed by atoms with Gasteiger partial charge >= 0.3 is 18.0 Å². The lowest BCUT2D eigenvalue weighted by atomic mass is 10.3. The number of aliphatic hydroxyl groups excluding tert-OH is 1. The molecule has 0 bridgehead atoms. The summed E-state index contributed by atoms with van der Waals surface area (Å²) < 4.78 is 9.53. The van der Waals surface area contributed by atoms with Gasteiger partial charge < -0.3 is 29.9 Å². The lowest BCUT2D eigenvalue weighted by Gasteiger charge is -2.22. The highest BCUT2D eigenvalue weighted by Crippen LogP contribution is 1.93. The molecule has 0 aliphatic heterocycles. The minimum atomic E-state index is -1.70. The minimum absolute atomic E-state index is 0.129. The molecule has 0 radical (unpaired) electrons. The van der Waals surface area contributed by atoms with Crippen molar-refractivity contribution in [3.05, 3.63) is 0 Å². The highest BCUT2D eigenvalue weighted by Gasteiger charge is 2.20. The number of nitrogens with one attached hydrogen (secondary N) is 1. The average molecular weight is 292 g/mol. The zero-order valence-corrected chi connectivity index (χ0v) is 11.5. The highest BCUT2D eigenvalue weighted by atomic mass is 16.5. The lowest BCUT2D eigenvalue weighted by Crippen LogP contribution is -2.47. The standard InChI is InChI=1S/C11H20N2O7/c1-3-20-9(15)7-13(4-5-19-2)11(18)12-6-8(14)10(16)17/h8,14H,3-7H2,1-2H3,(H,12,18)(H,16,17)/t8-/m0/s1. The van der Waals surface area contributed by atoms with Crippen molar-refractivity contribution in [1.29, 1.82) is 0 Å². The second-order valence-electron chi connectivity index (χ2n) is 3.76. The summed E-state index contributed by atoms with van der Waals surface area (Å²) >= 11 is 0. The number of urea groups is 1. The summed E-state index contributed by atoms with van der Waals surface area (Å²) in [6, 6.07) is -0.685. The van der Waals surface area contributed by atoms with Crippen LogP contribution in [0.25, 0.3) is 0 Å². The van der Waals surface area contributed by atoms with E-state index in [1.54, 1.807) is 6.92 Å². The summed E-state index contributed by atoms with van der Waals surface area (Å²) in [5.74, 6) is -2.03. The minimum Gasteiger partial charge on any atom is -0.479 e. The summed E-state index contributed by atoms with van der Waals surface area (Å²) in [4.78, 5) is 34.6. The molecule has 0 aromatic heterocycles. The molecule has 20 heavy (non-hydrogen) atoms. The smallest absolute Gasteiger partial charge is 0.334 e. The van der Waals surface area contributed by atoms with Crippen LogP contribution >= 0.6 is 0 Å². The number of methoxy groups -OCH3 is 1. The predicted molar refractivity (Wildman–Crippen MR) is 67.1 cm³/mol. The molecule has 116 valence electrons. The molecular formula is C11H20N2O7. The van der Waals surface area contributed by atoms with E-state index in [0.717, 1.165) is 4.90 Å². The Morgan fingerprint density at radius 1 is 1.35 bits per heavy atom. The van der Waals surface area contributed by atoms with Crippen LogP contribution in [0.15, 0.2) is 0 Å². The van der Waals surface area contributed by atoms with E-state index in [9.17, 15) is 14.4 Å². The molecule has 0 unspecified atom stereocenters. The van der Waals surface area contributed by atoms with Crippen LogP contribution < -0.4 is 5.32 Å². The van der Waals surface area contributed by atoms with Crippen LogP contribution in [0.1, 0.15) is 6.92 Å². The molecule has 9 heteroatoms. The third-order valence-corrected chi connectivity index (χ3v) is 2.21. The predicted octanol–water partition coefficient (Wildman–Crippen LogP) is -1.35. The maximum Gasteiger partial charge on any atom is 0.334 e. The zero-order valence-electron chi connectivity index (χ0n) is 11.5. The number of hydrogen-bond acceptors (Lipinski definition) is 6. The first-order chi connectivity index (χ1) is 9.42. The van der Waals surface area contributed by atoms with Crippen molar-refractivity contribution in [2.75, 3.05) is 40.0 Å². The van der Waals surface area contributed by atoms with Gasteiger partial charge in [-0.1, -0.05) is 0 Å². The van der Waals surface area contributed by atoms with Crippen molar-refractivity contribution in [1.82, 2.24) is 10.2 Å². The first-order valence-corrected chi connectivity index (χ1v) is 6.00. The van der Waals surface area contributed by atoms with Crippen molar-refractivity contribution in [2.24, 2.45) is 0 Å². The molecule has 0 aromatic rings. The van der Waals surface area contributed by atoms with Gasteiger partial charge in [0.15, 0.2) is 6.10 Å². The van der Waals surface area contributed by atoms with Crippen LogP contribution in [0.4, 0.5) is 4.79 Å². The number of aliphatic hydroxyl groups is 1. The van der Waals surface area contributed by atoms with Gasteiger partial charge in [-0.3, -0.25) is 4.79 Å². The van der Waals surface area contributed by atoms with Gasteiger partial charge in [0.05, 0.1) is 19.8 Å². The summed E-state index contributed by atoms with van der Waals surface area (Å²) in [6.45, 7) is 1.42. The van der Waals surface area contributed by atoms with Crippen molar-refractivity contribution in [3.8, 4) is 0 Å². The van der Waals surface area contributed by atoms with Crippen molar-refractivity contribution in [2.45, 2.75) is 13.0 Å². The van der Waals surface area contributed by atoms with E-state index in [0.29, 0.717) is 0 Å². The summed E-state index contributed by atoms with van der Waals surface area (Å²) in [6.07, 6.45) is -1.70. The Balaban J connectivity index is 4.40. The lowest BCUT2D eigenvalue weighted by molar-refractivity contribution is -0.146. The van der Waals surface area contributed by atoms with Crippen LogP contribution in [0.2, 0.25) is 0 Å². The average Bonchev–Trinajstić information content (AvgIpc) is 2.40. The Morgan fingerprint density at radius 3 is 2.50 bits per heavy atom. The summed E-state index contributed by atoms with van der Waals surface area (Å²) in [7, 11) is 1.44. The Hall–Kier alpha value is -1.87. The van der Waals surface area contributed by atoms with Gasteiger partial charge in [-0.2, -0.15) is 0 Å². The second-order valence-corrected chi connectivity index (χ2v) is 3.76. The largest absolute Gasteiger partial charge is 0.479 e. The van der Waals surface area contributed by atoms with Crippen molar-refractivity contribution >= 4 is 18.0 Å². The van der Waals surface area contributed by atoms with Gasteiger partial charge in [0.25, 0.3) is 0 Å². The maximum atomic E-state index is 11.8. The van der Waals surface area contributed by atoms with E-state index in [2.05, 4.69) is 5.32 Å². The molecule has 0 fully saturated rings. The topological polar surface area (TPSA) is 125 Å². The number of hydrogen-bond donors (Lipinski definition) is 3. The van der Waals surface area contributed by atoms with Crippen molar-refractivity contribution < 1.29 is 34.1 Å².